The van der Waals surface area contributed by atoms with Crippen molar-refractivity contribution in [3.8, 4) is 0 Å². The molecule has 2 N–H and O–H groups in total. The lowest BCUT2D eigenvalue weighted by Gasteiger charge is -2.72. The summed E-state index contributed by atoms with van der Waals surface area (Å²) in [6, 6.07) is 11.8. The summed E-state index contributed by atoms with van der Waals surface area (Å²) in [6.45, 7) is 0.931. The van der Waals surface area contributed by atoms with Gasteiger partial charge in [-0.1, -0.05) is 28.8 Å². The number of rotatable bonds is 8. The Hall–Kier alpha value is -2.58. The Kier molecular flexibility index (Phi) is 5.14. The van der Waals surface area contributed by atoms with Gasteiger partial charge in [-0.15, -0.1) is 16.9 Å². The van der Waals surface area contributed by atoms with Crippen LogP contribution in [0.1, 0.15) is 30.7 Å². The Labute approximate surface area is 189 Å². The highest BCUT2D eigenvalue weighted by Crippen LogP contribution is 2.73. The molecule has 2 bridgehead atoms. The minimum atomic E-state index is 0.00926. The first kappa shape index (κ1) is 20.3. The average Bonchev–Trinajstić information content (AvgIpc) is 3.13. The monoisotopic (exact) mass is 455 g/mol. The fraction of sp³-hybridized carbons (Fsp3) is 0.364. The molecule has 3 aliphatic carbocycles. The molecule has 0 saturated heterocycles. The number of hydrogen-bond acceptors (Lipinski definition) is 7. The van der Waals surface area contributed by atoms with Gasteiger partial charge in [0.2, 0.25) is 11.8 Å². The number of nitrogen functional groups attached to an aromatic ring is 1. The van der Waals surface area contributed by atoms with E-state index in [9.17, 15) is 4.79 Å². The Morgan fingerprint density at radius 1 is 1.16 bits per heavy atom. The molecule has 160 valence electrons. The van der Waals surface area contributed by atoms with E-state index in [0.29, 0.717) is 23.2 Å². The van der Waals surface area contributed by atoms with Crippen LogP contribution in [-0.2, 0) is 16.8 Å². The molecule has 3 aliphatic rings. The predicted molar refractivity (Wildman–Crippen MR) is 119 cm³/mol. The largest absolute Gasteiger partial charge is 0.406 e. The topological polar surface area (TPSA) is 98.1 Å². The molecule has 3 aromatic rings. The number of halogens is 1. The standard InChI is InChI=1S/C22H22ClN5O2S/c23-16-3-1-2-4-17(16)31-10-19(29)28(9-18-26-27-20(24)30-18)14-21-11-22(12-21,13-21)15-5-7-25-8-6-15/h1-8H,9-14H2,(H2,24,27). The van der Waals surface area contributed by atoms with E-state index in [0.717, 1.165) is 24.2 Å². The van der Waals surface area contributed by atoms with Crippen LogP contribution in [0.5, 0.6) is 0 Å². The molecular weight excluding hydrogens is 434 g/mol. The van der Waals surface area contributed by atoms with E-state index >= 15 is 0 Å². The minimum Gasteiger partial charge on any atom is -0.406 e. The van der Waals surface area contributed by atoms with Crippen LogP contribution in [-0.4, -0.2) is 38.3 Å². The first-order valence-electron chi connectivity index (χ1n) is 10.1. The molecule has 0 aliphatic heterocycles. The first-order valence-corrected chi connectivity index (χ1v) is 11.5. The normalized spacial score (nSPS) is 23.6. The van der Waals surface area contributed by atoms with E-state index < -0.39 is 0 Å². The maximum Gasteiger partial charge on any atom is 0.312 e. The maximum absolute atomic E-state index is 13.2. The fourth-order valence-electron chi connectivity index (χ4n) is 5.10. The summed E-state index contributed by atoms with van der Waals surface area (Å²) >= 11 is 7.68. The van der Waals surface area contributed by atoms with Crippen molar-refractivity contribution in [3.63, 3.8) is 0 Å². The van der Waals surface area contributed by atoms with E-state index in [1.165, 1.54) is 17.3 Å². The second kappa shape index (κ2) is 7.84. The molecule has 0 atom stereocenters. The number of aromatic nitrogens is 3. The third-order valence-electron chi connectivity index (χ3n) is 6.31. The number of thioether (sulfide) groups is 1. The smallest absolute Gasteiger partial charge is 0.312 e. The molecule has 9 heteroatoms. The molecule has 31 heavy (non-hydrogen) atoms. The molecule has 6 rings (SSSR count). The van der Waals surface area contributed by atoms with Gasteiger partial charge in [0.25, 0.3) is 0 Å². The maximum atomic E-state index is 13.2. The number of carbonyl (C=O) groups excluding carboxylic acids is 1. The van der Waals surface area contributed by atoms with Crippen molar-refractivity contribution >= 4 is 35.3 Å². The molecule has 3 saturated carbocycles. The highest BCUT2D eigenvalue weighted by molar-refractivity contribution is 8.00. The highest BCUT2D eigenvalue weighted by Gasteiger charge is 2.68. The van der Waals surface area contributed by atoms with Crippen molar-refractivity contribution in [1.82, 2.24) is 20.1 Å². The number of nitrogens with two attached hydrogens (primary N) is 1. The average molecular weight is 456 g/mol. The molecule has 0 spiro atoms. The van der Waals surface area contributed by atoms with E-state index in [1.807, 2.05) is 41.6 Å². The summed E-state index contributed by atoms with van der Waals surface area (Å²) in [7, 11) is 0. The van der Waals surface area contributed by atoms with Crippen molar-refractivity contribution in [3.05, 3.63) is 65.3 Å². The minimum absolute atomic E-state index is 0.00926. The van der Waals surface area contributed by atoms with Crippen LogP contribution in [0.3, 0.4) is 0 Å². The number of nitrogens with zero attached hydrogens (tertiary/aromatic N) is 4. The summed E-state index contributed by atoms with van der Waals surface area (Å²) < 4.78 is 5.34. The Morgan fingerprint density at radius 3 is 2.58 bits per heavy atom. The van der Waals surface area contributed by atoms with E-state index in [1.54, 1.807) is 0 Å². The first-order chi connectivity index (χ1) is 15.0. The Bertz CT molecular complexity index is 1090. The summed E-state index contributed by atoms with van der Waals surface area (Å²) in [5.41, 5.74) is 7.32. The molecule has 0 radical (unpaired) electrons. The summed E-state index contributed by atoms with van der Waals surface area (Å²) in [6.07, 6.45) is 6.95. The van der Waals surface area contributed by atoms with Gasteiger partial charge in [-0.05, 0) is 59.9 Å². The number of benzene rings is 1. The Balaban J connectivity index is 1.27. The van der Waals surface area contributed by atoms with Crippen LogP contribution in [0.4, 0.5) is 6.01 Å². The van der Waals surface area contributed by atoms with Gasteiger partial charge < -0.3 is 15.1 Å². The van der Waals surface area contributed by atoms with Crippen molar-refractivity contribution in [2.75, 3.05) is 18.0 Å². The van der Waals surface area contributed by atoms with Crippen molar-refractivity contribution in [2.24, 2.45) is 5.41 Å². The van der Waals surface area contributed by atoms with Crippen molar-refractivity contribution in [2.45, 2.75) is 36.1 Å². The molecule has 7 nitrogen and oxygen atoms in total. The molecule has 2 heterocycles. The van der Waals surface area contributed by atoms with Crippen LogP contribution in [0.2, 0.25) is 5.02 Å². The van der Waals surface area contributed by atoms with Gasteiger partial charge in [0.05, 0.1) is 17.3 Å². The molecule has 2 aromatic heterocycles. The predicted octanol–water partition coefficient (Wildman–Crippen LogP) is 3.94. The van der Waals surface area contributed by atoms with E-state index in [4.69, 9.17) is 21.8 Å². The lowest BCUT2D eigenvalue weighted by Crippen LogP contribution is -2.68. The van der Waals surface area contributed by atoms with E-state index in [2.05, 4.69) is 27.3 Å². The molecular formula is C22H22ClN5O2S. The lowest BCUT2D eigenvalue weighted by molar-refractivity contribution is -0.166. The molecule has 3 fully saturated rings. The van der Waals surface area contributed by atoms with Crippen LogP contribution in [0.25, 0.3) is 0 Å². The van der Waals surface area contributed by atoms with Crippen LogP contribution >= 0.6 is 23.4 Å². The van der Waals surface area contributed by atoms with Gasteiger partial charge in [0, 0.05) is 23.8 Å². The molecule has 1 aromatic carbocycles. The van der Waals surface area contributed by atoms with Gasteiger partial charge in [0.15, 0.2) is 0 Å². The molecule has 1 amide bonds. The number of hydrogen-bond donors (Lipinski definition) is 1. The van der Waals surface area contributed by atoms with Crippen molar-refractivity contribution in [1.29, 1.82) is 0 Å². The van der Waals surface area contributed by atoms with Gasteiger partial charge in [-0.2, -0.15) is 0 Å². The third kappa shape index (κ3) is 3.90. The molecule has 0 unspecified atom stereocenters. The number of amides is 1. The quantitative estimate of drug-likeness (QED) is 0.513. The second-order valence-corrected chi connectivity index (χ2v) is 9.97. The number of anilines is 1. The SMILES string of the molecule is Nc1nnc(CN(CC23CC(c4ccncc4)(C2)C3)C(=O)CSc2ccccc2Cl)o1. The van der Waals surface area contributed by atoms with E-state index in [-0.39, 0.29) is 29.3 Å². The van der Waals surface area contributed by atoms with Crippen molar-refractivity contribution < 1.29 is 9.21 Å². The Morgan fingerprint density at radius 2 is 1.90 bits per heavy atom. The van der Waals surface area contributed by atoms with Crippen LogP contribution in [0.15, 0.2) is 58.1 Å². The van der Waals surface area contributed by atoms with Gasteiger partial charge in [-0.3, -0.25) is 9.78 Å². The lowest BCUT2D eigenvalue weighted by atomic mass is 9.33. The fourth-order valence-corrected chi connectivity index (χ4v) is 6.24. The van der Waals surface area contributed by atoms with Crippen LogP contribution < -0.4 is 5.73 Å². The second-order valence-electron chi connectivity index (χ2n) is 8.55. The highest BCUT2D eigenvalue weighted by atomic mass is 35.5. The van der Waals surface area contributed by atoms with Gasteiger partial charge >= 0.3 is 6.01 Å². The number of pyridine rings is 1. The zero-order valence-corrected chi connectivity index (χ0v) is 18.4. The van der Waals surface area contributed by atoms with Gasteiger partial charge in [0.1, 0.15) is 0 Å². The zero-order chi connectivity index (χ0) is 21.5. The zero-order valence-electron chi connectivity index (χ0n) is 16.8. The summed E-state index contributed by atoms with van der Waals surface area (Å²) in [5, 5.41) is 8.32. The summed E-state index contributed by atoms with van der Waals surface area (Å²) in [4.78, 5) is 20.0. The third-order valence-corrected chi connectivity index (χ3v) is 7.81. The number of carbonyl (C=O) groups is 1. The summed E-state index contributed by atoms with van der Waals surface area (Å²) in [5.74, 6) is 0.660. The van der Waals surface area contributed by atoms with Crippen LogP contribution in [0, 0.1) is 5.41 Å². The van der Waals surface area contributed by atoms with Gasteiger partial charge in [-0.25, -0.2) is 0 Å².